The van der Waals surface area contributed by atoms with Gasteiger partial charge in [0, 0.05) is 13.1 Å². The molecule has 1 aromatic carbocycles. The minimum atomic E-state index is -5.49. The third kappa shape index (κ3) is 4.07. The van der Waals surface area contributed by atoms with Crippen LogP contribution < -0.4 is 4.74 Å². The van der Waals surface area contributed by atoms with Crippen LogP contribution in [0.1, 0.15) is 45.1 Å². The van der Waals surface area contributed by atoms with E-state index in [-0.39, 0.29) is 12.3 Å². The van der Waals surface area contributed by atoms with Gasteiger partial charge in [0.2, 0.25) is 0 Å². The molecule has 2 rings (SSSR count). The fourth-order valence-electron chi connectivity index (χ4n) is 3.35. The number of hydrogen-bond acceptors (Lipinski definition) is 2. The van der Waals surface area contributed by atoms with Gasteiger partial charge in [0.1, 0.15) is 5.75 Å². The Kier molecular flexibility index (Phi) is 6.25. The summed E-state index contributed by atoms with van der Waals surface area (Å²) in [5.41, 5.74) is -3.10. The number of rotatable bonds is 5. The van der Waals surface area contributed by atoms with Gasteiger partial charge in [-0.1, -0.05) is 39.0 Å². The van der Waals surface area contributed by atoms with Crippen LogP contribution in [0, 0.1) is 5.41 Å². The first kappa shape index (κ1) is 22.4. The lowest BCUT2D eigenvalue weighted by Crippen LogP contribution is -2.53. The molecule has 0 aliphatic carbocycles. The molecule has 9 heteroatoms. The Hall–Kier alpha value is -1.93. The first-order chi connectivity index (χ1) is 12.8. The van der Waals surface area contributed by atoms with E-state index in [2.05, 4.69) is 0 Å². The molecule has 1 aliphatic rings. The van der Waals surface area contributed by atoms with E-state index in [0.717, 1.165) is 5.56 Å². The second-order valence-corrected chi connectivity index (χ2v) is 7.29. The first-order valence-electron chi connectivity index (χ1n) is 9.02. The quantitative estimate of drug-likeness (QED) is 0.615. The van der Waals surface area contributed by atoms with E-state index in [1.54, 1.807) is 31.2 Å². The van der Waals surface area contributed by atoms with Crippen LogP contribution in [0.2, 0.25) is 0 Å². The SMILES string of the molecule is CCC(Oc1ccccc1C(C)C)C(=O)N1CCC(C(F)(F)F)(C(F)(F)F)C1. The van der Waals surface area contributed by atoms with E-state index >= 15 is 0 Å². The Morgan fingerprint density at radius 3 is 2.18 bits per heavy atom. The lowest BCUT2D eigenvalue weighted by Gasteiger charge is -2.34. The molecular formula is C19H23F6NO2. The number of likely N-dealkylation sites (tertiary alicyclic amines) is 1. The van der Waals surface area contributed by atoms with Crippen LogP contribution in [0.3, 0.4) is 0 Å². The van der Waals surface area contributed by atoms with Gasteiger partial charge in [-0.25, -0.2) is 0 Å². The minimum absolute atomic E-state index is 0.0682. The summed E-state index contributed by atoms with van der Waals surface area (Å²) >= 11 is 0. The summed E-state index contributed by atoms with van der Waals surface area (Å²) in [7, 11) is 0. The highest BCUT2D eigenvalue weighted by Gasteiger charge is 2.73. The number of halogens is 6. The van der Waals surface area contributed by atoms with Crippen LogP contribution in [0.15, 0.2) is 24.3 Å². The molecule has 158 valence electrons. The van der Waals surface area contributed by atoms with Crippen molar-refractivity contribution in [3.05, 3.63) is 29.8 Å². The molecule has 1 amide bonds. The second kappa shape index (κ2) is 7.83. The molecule has 0 bridgehead atoms. The van der Waals surface area contributed by atoms with Crippen molar-refractivity contribution in [2.75, 3.05) is 13.1 Å². The van der Waals surface area contributed by atoms with Gasteiger partial charge in [-0.15, -0.1) is 0 Å². The molecule has 1 unspecified atom stereocenters. The molecule has 0 N–H and O–H groups in total. The van der Waals surface area contributed by atoms with Gasteiger partial charge in [0.05, 0.1) is 0 Å². The third-order valence-electron chi connectivity index (χ3n) is 5.12. The summed E-state index contributed by atoms with van der Waals surface area (Å²) in [5, 5.41) is 0. The molecule has 0 radical (unpaired) electrons. The Labute approximate surface area is 159 Å². The molecular weight excluding hydrogens is 388 g/mol. The van der Waals surface area contributed by atoms with E-state index in [1.807, 2.05) is 13.8 Å². The van der Waals surface area contributed by atoms with Crippen molar-refractivity contribution in [1.82, 2.24) is 4.90 Å². The average Bonchev–Trinajstić information content (AvgIpc) is 3.06. The second-order valence-electron chi connectivity index (χ2n) is 7.29. The maximum atomic E-state index is 13.2. The smallest absolute Gasteiger partial charge is 0.404 e. The van der Waals surface area contributed by atoms with E-state index in [4.69, 9.17) is 4.74 Å². The Morgan fingerprint density at radius 1 is 1.14 bits per heavy atom. The van der Waals surface area contributed by atoms with Crippen molar-refractivity contribution in [1.29, 1.82) is 0 Å². The molecule has 0 saturated carbocycles. The summed E-state index contributed by atoms with van der Waals surface area (Å²) < 4.78 is 85.1. The monoisotopic (exact) mass is 411 g/mol. The van der Waals surface area contributed by atoms with Gasteiger partial charge in [0.15, 0.2) is 11.5 Å². The predicted molar refractivity (Wildman–Crippen MR) is 91.0 cm³/mol. The molecule has 1 aromatic rings. The number of amides is 1. The van der Waals surface area contributed by atoms with Crippen molar-refractivity contribution in [2.45, 2.75) is 58.0 Å². The zero-order valence-corrected chi connectivity index (χ0v) is 15.8. The van der Waals surface area contributed by atoms with Crippen LogP contribution in [0.5, 0.6) is 5.75 Å². The zero-order valence-electron chi connectivity index (χ0n) is 15.8. The lowest BCUT2D eigenvalue weighted by atomic mass is 9.85. The van der Waals surface area contributed by atoms with Crippen molar-refractivity contribution >= 4 is 5.91 Å². The molecule has 28 heavy (non-hydrogen) atoms. The molecule has 3 nitrogen and oxygen atoms in total. The average molecular weight is 411 g/mol. The lowest BCUT2D eigenvalue weighted by molar-refractivity contribution is -0.335. The zero-order chi connectivity index (χ0) is 21.3. The molecule has 1 aliphatic heterocycles. The van der Waals surface area contributed by atoms with E-state index < -0.39 is 49.3 Å². The van der Waals surface area contributed by atoms with Gasteiger partial charge in [-0.3, -0.25) is 4.79 Å². The number of carbonyl (C=O) groups excluding carboxylic acids is 1. The maximum Gasteiger partial charge on any atom is 0.404 e. The van der Waals surface area contributed by atoms with Gasteiger partial charge in [-0.2, -0.15) is 26.3 Å². The van der Waals surface area contributed by atoms with Crippen molar-refractivity contribution in [3.8, 4) is 5.75 Å². The van der Waals surface area contributed by atoms with Crippen molar-refractivity contribution < 1.29 is 35.9 Å². The molecule has 0 aromatic heterocycles. The molecule has 1 fully saturated rings. The van der Waals surface area contributed by atoms with Crippen LogP contribution in [0.25, 0.3) is 0 Å². The Morgan fingerprint density at radius 2 is 1.71 bits per heavy atom. The molecule has 1 atom stereocenters. The highest BCUT2D eigenvalue weighted by Crippen LogP contribution is 2.55. The van der Waals surface area contributed by atoms with Crippen molar-refractivity contribution in [2.24, 2.45) is 5.41 Å². The third-order valence-corrected chi connectivity index (χ3v) is 5.12. The summed E-state index contributed by atoms with van der Waals surface area (Å²) in [6.07, 6.45) is -13.2. The van der Waals surface area contributed by atoms with Crippen LogP contribution >= 0.6 is 0 Å². The van der Waals surface area contributed by atoms with E-state index in [1.165, 1.54) is 0 Å². The maximum absolute atomic E-state index is 13.2. The Balaban J connectivity index is 2.23. The summed E-state index contributed by atoms with van der Waals surface area (Å²) in [6.45, 7) is 3.35. The van der Waals surface area contributed by atoms with Crippen LogP contribution in [-0.2, 0) is 4.79 Å². The van der Waals surface area contributed by atoms with Gasteiger partial charge < -0.3 is 9.64 Å². The standard InChI is InChI=1S/C19H23F6NO2/c1-4-14(28-15-8-6-5-7-13(15)12(2)3)16(27)26-10-9-17(11-26,18(20,21)22)19(23,24)25/h5-8,12,14H,4,9-11H2,1-3H3. The highest BCUT2D eigenvalue weighted by molar-refractivity contribution is 5.81. The molecule has 1 heterocycles. The number of carbonyl (C=O) groups is 1. The number of benzene rings is 1. The highest BCUT2D eigenvalue weighted by atomic mass is 19.4. The molecule has 0 spiro atoms. The number of nitrogens with zero attached hydrogens (tertiary/aromatic N) is 1. The van der Waals surface area contributed by atoms with E-state index in [9.17, 15) is 31.1 Å². The minimum Gasteiger partial charge on any atom is -0.480 e. The summed E-state index contributed by atoms with van der Waals surface area (Å²) in [6, 6.07) is 6.90. The van der Waals surface area contributed by atoms with Gasteiger partial charge in [0.25, 0.3) is 5.91 Å². The normalized spacial score (nSPS) is 18.4. The fraction of sp³-hybridized carbons (Fsp3) is 0.632. The number of para-hydroxylation sites is 1. The number of hydrogen-bond donors (Lipinski definition) is 0. The van der Waals surface area contributed by atoms with Crippen molar-refractivity contribution in [3.63, 3.8) is 0 Å². The first-order valence-corrected chi connectivity index (χ1v) is 9.02. The topological polar surface area (TPSA) is 29.5 Å². The fourth-order valence-corrected chi connectivity index (χ4v) is 3.35. The van der Waals surface area contributed by atoms with Gasteiger partial charge in [-0.05, 0) is 30.4 Å². The number of ether oxygens (including phenoxy) is 1. The Bertz CT molecular complexity index is 684. The molecule has 1 saturated heterocycles. The van der Waals surface area contributed by atoms with Crippen LogP contribution in [0.4, 0.5) is 26.3 Å². The largest absolute Gasteiger partial charge is 0.480 e. The summed E-state index contributed by atoms with van der Waals surface area (Å²) in [5.74, 6) is -0.398. The summed E-state index contributed by atoms with van der Waals surface area (Å²) in [4.78, 5) is 13.3. The predicted octanol–water partition coefficient (Wildman–Crippen LogP) is 5.31. The van der Waals surface area contributed by atoms with E-state index in [0.29, 0.717) is 10.6 Å². The number of alkyl halides is 6. The van der Waals surface area contributed by atoms with Crippen LogP contribution in [-0.4, -0.2) is 42.4 Å². The van der Waals surface area contributed by atoms with Gasteiger partial charge >= 0.3 is 12.4 Å².